The van der Waals surface area contributed by atoms with Crippen LogP contribution in [0.4, 0.5) is 11.4 Å². The van der Waals surface area contributed by atoms with Gasteiger partial charge in [-0.15, -0.1) is 0 Å². The molecule has 2 heterocycles. The first-order valence-corrected chi connectivity index (χ1v) is 10.7. The van der Waals surface area contributed by atoms with Gasteiger partial charge in [0.05, 0.1) is 12.2 Å². The number of amides is 1. The predicted molar refractivity (Wildman–Crippen MR) is 106 cm³/mol. The number of hydrogen-bond donors (Lipinski definition) is 2. The van der Waals surface area contributed by atoms with Gasteiger partial charge in [-0.25, -0.2) is 8.42 Å². The molecule has 0 aliphatic carbocycles. The maximum atomic E-state index is 12.2. The van der Waals surface area contributed by atoms with Gasteiger partial charge in [0.25, 0.3) is 0 Å². The Morgan fingerprint density at radius 2 is 1.78 bits per heavy atom. The van der Waals surface area contributed by atoms with Crippen LogP contribution in [-0.2, 0) is 21.4 Å². The monoisotopic (exact) mass is 388 g/mol. The molecule has 2 aromatic rings. The SMILES string of the molecule is O=C(CS(=O)(=O)Nc1ccc(N2CCCCC2)cc1)NCc1ccccn1. The van der Waals surface area contributed by atoms with Crippen LogP contribution in [0, 0.1) is 0 Å². The zero-order chi connectivity index (χ0) is 19.1. The van der Waals surface area contributed by atoms with E-state index >= 15 is 0 Å². The number of hydrogen-bond acceptors (Lipinski definition) is 5. The first-order chi connectivity index (χ1) is 13.0. The lowest BCUT2D eigenvalue weighted by atomic mass is 10.1. The molecule has 0 radical (unpaired) electrons. The van der Waals surface area contributed by atoms with Crippen molar-refractivity contribution in [3.63, 3.8) is 0 Å². The second kappa shape index (κ2) is 8.85. The summed E-state index contributed by atoms with van der Waals surface area (Å²) in [5.41, 5.74) is 2.21. The van der Waals surface area contributed by atoms with Crippen molar-refractivity contribution in [2.24, 2.45) is 0 Å². The molecule has 0 atom stereocenters. The molecule has 2 N–H and O–H groups in total. The minimum absolute atomic E-state index is 0.194. The summed E-state index contributed by atoms with van der Waals surface area (Å²) in [6.07, 6.45) is 5.24. The van der Waals surface area contributed by atoms with Crippen LogP contribution in [0.1, 0.15) is 25.0 Å². The fourth-order valence-electron chi connectivity index (χ4n) is 3.02. The van der Waals surface area contributed by atoms with E-state index in [1.165, 1.54) is 19.3 Å². The number of nitrogens with one attached hydrogen (secondary N) is 2. The van der Waals surface area contributed by atoms with Crippen molar-refractivity contribution in [2.75, 3.05) is 28.5 Å². The van der Waals surface area contributed by atoms with E-state index in [1.54, 1.807) is 36.5 Å². The molecule has 0 unspecified atom stereocenters. The second-order valence-corrected chi connectivity index (χ2v) is 8.28. The number of pyridine rings is 1. The molecule has 0 spiro atoms. The lowest BCUT2D eigenvalue weighted by Crippen LogP contribution is -2.32. The summed E-state index contributed by atoms with van der Waals surface area (Å²) in [5, 5.41) is 2.57. The summed E-state index contributed by atoms with van der Waals surface area (Å²) in [5.74, 6) is -1.20. The molecule has 27 heavy (non-hydrogen) atoms. The topological polar surface area (TPSA) is 91.4 Å². The lowest BCUT2D eigenvalue weighted by Gasteiger charge is -2.28. The number of sulfonamides is 1. The van der Waals surface area contributed by atoms with E-state index in [0.29, 0.717) is 11.4 Å². The molecule has 1 fully saturated rings. The predicted octanol–water partition coefficient (Wildman–Crippen LogP) is 2.13. The fourth-order valence-corrected chi connectivity index (χ4v) is 4.04. The zero-order valence-electron chi connectivity index (χ0n) is 15.1. The van der Waals surface area contributed by atoms with E-state index in [2.05, 4.69) is 19.9 Å². The first kappa shape index (κ1) is 19.2. The maximum absolute atomic E-state index is 12.2. The molecule has 1 aromatic carbocycles. The molecular formula is C19H24N4O3S. The normalized spacial score (nSPS) is 14.6. The maximum Gasteiger partial charge on any atom is 0.241 e. The van der Waals surface area contributed by atoms with Crippen LogP contribution >= 0.6 is 0 Å². The molecule has 144 valence electrons. The van der Waals surface area contributed by atoms with Crippen LogP contribution in [0.15, 0.2) is 48.7 Å². The highest BCUT2D eigenvalue weighted by Gasteiger charge is 2.17. The van der Waals surface area contributed by atoms with Crippen molar-refractivity contribution in [3.05, 3.63) is 54.4 Å². The highest BCUT2D eigenvalue weighted by Crippen LogP contribution is 2.22. The van der Waals surface area contributed by atoms with Gasteiger partial charge in [-0.3, -0.25) is 14.5 Å². The number of rotatable bonds is 7. The Morgan fingerprint density at radius 3 is 2.44 bits per heavy atom. The van der Waals surface area contributed by atoms with E-state index < -0.39 is 21.7 Å². The smallest absolute Gasteiger partial charge is 0.241 e. The van der Waals surface area contributed by atoms with Crippen molar-refractivity contribution in [2.45, 2.75) is 25.8 Å². The Balaban J connectivity index is 1.51. The van der Waals surface area contributed by atoms with Crippen molar-refractivity contribution < 1.29 is 13.2 Å². The molecule has 0 saturated carbocycles. The van der Waals surface area contributed by atoms with Crippen LogP contribution in [-0.4, -0.2) is 38.2 Å². The summed E-state index contributed by atoms with van der Waals surface area (Å²) in [7, 11) is -3.77. The highest BCUT2D eigenvalue weighted by atomic mass is 32.2. The van der Waals surface area contributed by atoms with E-state index in [0.717, 1.165) is 18.8 Å². The quantitative estimate of drug-likeness (QED) is 0.758. The van der Waals surface area contributed by atoms with E-state index in [9.17, 15) is 13.2 Å². The Kier molecular flexibility index (Phi) is 6.28. The average Bonchev–Trinajstić information content (AvgIpc) is 2.68. The third-order valence-electron chi connectivity index (χ3n) is 4.38. The van der Waals surface area contributed by atoms with Crippen molar-refractivity contribution in [3.8, 4) is 0 Å². The Bertz CT molecular complexity index is 848. The Morgan fingerprint density at radius 1 is 1.04 bits per heavy atom. The van der Waals surface area contributed by atoms with Crippen molar-refractivity contribution >= 4 is 27.3 Å². The minimum atomic E-state index is -3.77. The Hall–Kier alpha value is -2.61. The van der Waals surface area contributed by atoms with Crippen LogP contribution in [0.3, 0.4) is 0 Å². The summed E-state index contributed by atoms with van der Waals surface area (Å²) >= 11 is 0. The number of nitrogens with zero attached hydrogens (tertiary/aromatic N) is 2. The second-order valence-electron chi connectivity index (χ2n) is 6.55. The van der Waals surface area contributed by atoms with Gasteiger partial charge in [0.1, 0.15) is 5.75 Å². The molecule has 8 heteroatoms. The molecule has 1 saturated heterocycles. The molecule has 1 aliphatic rings. The molecule has 3 rings (SSSR count). The molecule has 7 nitrogen and oxygen atoms in total. The van der Waals surface area contributed by atoms with Crippen molar-refractivity contribution in [1.29, 1.82) is 0 Å². The van der Waals surface area contributed by atoms with Gasteiger partial charge >= 0.3 is 0 Å². The van der Waals surface area contributed by atoms with Crippen molar-refractivity contribution in [1.82, 2.24) is 10.3 Å². The van der Waals surface area contributed by atoms with Crippen LogP contribution in [0.2, 0.25) is 0 Å². The first-order valence-electron chi connectivity index (χ1n) is 9.04. The summed E-state index contributed by atoms with van der Waals surface area (Å²) in [6.45, 7) is 2.25. The van der Waals surface area contributed by atoms with Gasteiger partial charge in [0.2, 0.25) is 15.9 Å². The third-order valence-corrected chi connectivity index (χ3v) is 5.56. The third kappa shape index (κ3) is 5.96. The number of aromatic nitrogens is 1. The number of carbonyl (C=O) groups is 1. The van der Waals surface area contributed by atoms with Gasteiger partial charge in [-0.05, 0) is 55.7 Å². The van der Waals surface area contributed by atoms with Crippen LogP contribution in [0.5, 0.6) is 0 Å². The number of benzene rings is 1. The summed E-state index contributed by atoms with van der Waals surface area (Å²) in [6, 6.07) is 12.6. The fraction of sp³-hybridized carbons (Fsp3) is 0.368. The number of carbonyl (C=O) groups excluding carboxylic acids is 1. The Labute approximate surface area is 159 Å². The molecule has 1 aromatic heterocycles. The van der Waals surface area contributed by atoms with E-state index in [1.807, 2.05) is 12.1 Å². The number of piperidine rings is 1. The summed E-state index contributed by atoms with van der Waals surface area (Å²) < 4.78 is 26.9. The van der Waals surface area contributed by atoms with Gasteiger partial charge in [0, 0.05) is 30.7 Å². The van der Waals surface area contributed by atoms with Gasteiger partial charge in [0.15, 0.2) is 0 Å². The molecule has 1 aliphatic heterocycles. The van der Waals surface area contributed by atoms with Gasteiger partial charge in [-0.2, -0.15) is 0 Å². The van der Waals surface area contributed by atoms with Gasteiger partial charge < -0.3 is 10.2 Å². The largest absolute Gasteiger partial charge is 0.372 e. The molecule has 1 amide bonds. The lowest BCUT2D eigenvalue weighted by molar-refractivity contribution is -0.118. The summed E-state index contributed by atoms with van der Waals surface area (Å²) in [4.78, 5) is 18.3. The van der Waals surface area contributed by atoms with E-state index in [4.69, 9.17) is 0 Å². The molecular weight excluding hydrogens is 364 g/mol. The van der Waals surface area contributed by atoms with E-state index in [-0.39, 0.29) is 6.54 Å². The average molecular weight is 388 g/mol. The minimum Gasteiger partial charge on any atom is -0.372 e. The standard InChI is InChI=1S/C19H24N4O3S/c24-19(21-14-17-6-2-3-11-20-17)15-27(25,26)22-16-7-9-18(10-8-16)23-12-4-1-5-13-23/h2-3,6-11,22H,1,4-5,12-15H2,(H,21,24). The van der Waals surface area contributed by atoms with Crippen LogP contribution in [0.25, 0.3) is 0 Å². The van der Waals surface area contributed by atoms with Crippen LogP contribution < -0.4 is 14.9 Å². The molecule has 0 bridgehead atoms. The zero-order valence-corrected chi connectivity index (χ0v) is 15.9. The highest BCUT2D eigenvalue weighted by molar-refractivity contribution is 7.93. The van der Waals surface area contributed by atoms with Gasteiger partial charge in [-0.1, -0.05) is 6.07 Å². The number of anilines is 2.